The molecule has 1 fully saturated rings. The molecule has 1 atom stereocenters. The Kier molecular flexibility index (Phi) is 6.28. The van der Waals surface area contributed by atoms with Crippen LogP contribution >= 0.6 is 11.6 Å². The van der Waals surface area contributed by atoms with Crippen LogP contribution < -0.4 is 5.32 Å². The van der Waals surface area contributed by atoms with Crippen molar-refractivity contribution in [3.63, 3.8) is 0 Å². The summed E-state index contributed by atoms with van der Waals surface area (Å²) in [4.78, 5) is 24.5. The second kappa shape index (κ2) is 8.54. The zero-order valence-corrected chi connectivity index (χ0v) is 17.7. The molecule has 1 saturated heterocycles. The maximum absolute atomic E-state index is 12.5. The van der Waals surface area contributed by atoms with E-state index >= 15 is 0 Å². The Morgan fingerprint density at radius 1 is 1.31 bits per heavy atom. The van der Waals surface area contributed by atoms with Crippen LogP contribution in [0.1, 0.15) is 33.7 Å². The van der Waals surface area contributed by atoms with E-state index in [-0.39, 0.29) is 11.5 Å². The second-order valence-corrected chi connectivity index (χ2v) is 9.67. The number of aromatic nitrogens is 2. The lowest BCUT2D eigenvalue weighted by atomic mass is 10.2. The molecule has 0 unspecified atom stereocenters. The number of ether oxygens (including phenoxy) is 1. The van der Waals surface area contributed by atoms with Gasteiger partial charge < -0.3 is 10.1 Å². The highest BCUT2D eigenvalue weighted by Gasteiger charge is 2.29. The Bertz CT molecular complexity index is 1050. The van der Waals surface area contributed by atoms with E-state index in [0.29, 0.717) is 34.9 Å². The number of halogens is 1. The topological polar surface area (TPSA) is 107 Å². The van der Waals surface area contributed by atoms with Gasteiger partial charge in [0.1, 0.15) is 5.56 Å². The third kappa shape index (κ3) is 5.16. The van der Waals surface area contributed by atoms with Gasteiger partial charge in [-0.15, -0.1) is 0 Å². The minimum atomic E-state index is -3.10. The third-order valence-electron chi connectivity index (χ3n) is 4.80. The highest BCUT2D eigenvalue weighted by molar-refractivity contribution is 7.91. The van der Waals surface area contributed by atoms with Gasteiger partial charge in [-0.25, -0.2) is 13.2 Å². The number of nitrogens with one attached hydrogen (secondary N) is 1. The quantitative estimate of drug-likeness (QED) is 0.686. The number of benzene rings is 1. The minimum absolute atomic E-state index is 0.0563. The fraction of sp³-hybridized carbons (Fsp3) is 0.421. The molecule has 3 rings (SSSR count). The summed E-state index contributed by atoms with van der Waals surface area (Å²) in [6, 6.07) is 6.93. The molecule has 10 heteroatoms. The number of amides is 1. The van der Waals surface area contributed by atoms with E-state index in [0.717, 1.165) is 5.56 Å². The van der Waals surface area contributed by atoms with Crippen molar-refractivity contribution in [2.24, 2.45) is 0 Å². The van der Waals surface area contributed by atoms with Crippen LogP contribution in [-0.2, 0) is 25.9 Å². The molecule has 0 aliphatic carbocycles. The first kappa shape index (κ1) is 21.3. The zero-order chi connectivity index (χ0) is 21.2. The van der Waals surface area contributed by atoms with Crippen LogP contribution in [0.5, 0.6) is 0 Å². The van der Waals surface area contributed by atoms with Gasteiger partial charge in [0.2, 0.25) is 0 Å². The molecule has 1 N–H and O–H groups in total. The number of hydrogen-bond acceptors (Lipinski definition) is 6. The van der Waals surface area contributed by atoms with Gasteiger partial charge in [-0.05, 0) is 31.9 Å². The second-order valence-electron chi connectivity index (χ2n) is 7.04. The first-order valence-electron chi connectivity index (χ1n) is 9.10. The Balaban J connectivity index is 1.61. The SMILES string of the molecule is Cc1nn(Cc2ccccc2Cl)c(C)c1C(=O)OCC(=O)N[C@@H]1CCS(=O)(=O)C1. The summed E-state index contributed by atoms with van der Waals surface area (Å²) < 4.78 is 29.7. The summed E-state index contributed by atoms with van der Waals surface area (Å²) in [5, 5.41) is 7.57. The Labute approximate surface area is 174 Å². The number of carbonyl (C=O) groups is 2. The van der Waals surface area contributed by atoms with Gasteiger partial charge in [0.25, 0.3) is 5.91 Å². The number of carbonyl (C=O) groups excluding carboxylic acids is 2. The van der Waals surface area contributed by atoms with Crippen molar-refractivity contribution in [2.75, 3.05) is 18.1 Å². The molecule has 0 bridgehead atoms. The molecular formula is C19H22ClN3O5S. The van der Waals surface area contributed by atoms with Crippen LogP contribution in [0.25, 0.3) is 0 Å². The largest absolute Gasteiger partial charge is 0.452 e. The van der Waals surface area contributed by atoms with E-state index in [4.69, 9.17) is 16.3 Å². The smallest absolute Gasteiger partial charge is 0.342 e. The molecule has 1 aliphatic heterocycles. The van der Waals surface area contributed by atoms with Crippen molar-refractivity contribution in [3.8, 4) is 0 Å². The maximum atomic E-state index is 12.5. The van der Waals surface area contributed by atoms with E-state index in [2.05, 4.69) is 10.4 Å². The summed E-state index contributed by atoms with van der Waals surface area (Å²) in [7, 11) is -3.10. The average Bonchev–Trinajstić information content (AvgIpc) is 3.13. The van der Waals surface area contributed by atoms with E-state index in [1.54, 1.807) is 24.6 Å². The van der Waals surface area contributed by atoms with Crippen LogP contribution in [-0.4, -0.2) is 54.2 Å². The Morgan fingerprint density at radius 2 is 2.03 bits per heavy atom. The fourth-order valence-corrected chi connectivity index (χ4v) is 5.18. The van der Waals surface area contributed by atoms with Crippen LogP contribution in [0, 0.1) is 13.8 Å². The van der Waals surface area contributed by atoms with Crippen molar-refractivity contribution in [1.82, 2.24) is 15.1 Å². The molecular weight excluding hydrogens is 418 g/mol. The van der Waals surface area contributed by atoms with Gasteiger partial charge in [-0.1, -0.05) is 29.8 Å². The van der Waals surface area contributed by atoms with Gasteiger partial charge >= 0.3 is 5.97 Å². The first-order chi connectivity index (χ1) is 13.7. The zero-order valence-electron chi connectivity index (χ0n) is 16.1. The third-order valence-corrected chi connectivity index (χ3v) is 6.93. The van der Waals surface area contributed by atoms with Crippen LogP contribution in [0.4, 0.5) is 0 Å². The predicted molar refractivity (Wildman–Crippen MR) is 108 cm³/mol. The molecule has 1 aliphatic rings. The van der Waals surface area contributed by atoms with E-state index in [1.807, 2.05) is 18.2 Å². The van der Waals surface area contributed by atoms with E-state index < -0.39 is 34.4 Å². The number of rotatable bonds is 6. The molecule has 156 valence electrons. The Morgan fingerprint density at radius 3 is 2.69 bits per heavy atom. The van der Waals surface area contributed by atoms with Gasteiger partial charge in [-0.2, -0.15) is 5.10 Å². The number of aryl methyl sites for hydroxylation is 1. The molecule has 2 heterocycles. The minimum Gasteiger partial charge on any atom is -0.452 e. The van der Waals surface area contributed by atoms with E-state index in [1.165, 1.54) is 0 Å². The highest BCUT2D eigenvalue weighted by atomic mass is 35.5. The summed E-state index contributed by atoms with van der Waals surface area (Å²) in [6.07, 6.45) is 0.370. The molecule has 29 heavy (non-hydrogen) atoms. The van der Waals surface area contributed by atoms with Crippen molar-refractivity contribution in [3.05, 3.63) is 51.8 Å². The fourth-order valence-electron chi connectivity index (χ4n) is 3.32. The maximum Gasteiger partial charge on any atom is 0.342 e. The number of esters is 1. The molecule has 8 nitrogen and oxygen atoms in total. The summed E-state index contributed by atoms with van der Waals surface area (Å²) >= 11 is 6.19. The number of nitrogens with zero attached hydrogens (tertiary/aromatic N) is 2. The van der Waals surface area contributed by atoms with Gasteiger partial charge in [0, 0.05) is 11.1 Å². The molecule has 1 amide bonds. The van der Waals surface area contributed by atoms with Crippen molar-refractivity contribution < 1.29 is 22.7 Å². The standard InChI is InChI=1S/C19H22ClN3O5S/c1-12-18(13(2)23(22-12)9-14-5-3-4-6-16(14)20)19(25)28-10-17(24)21-15-7-8-29(26,27)11-15/h3-6,15H,7-11H2,1-2H3,(H,21,24)/t15-/m1/s1. The van der Waals surface area contributed by atoms with Gasteiger partial charge in [0.05, 0.1) is 29.4 Å². The van der Waals surface area contributed by atoms with Crippen molar-refractivity contribution in [1.29, 1.82) is 0 Å². The van der Waals surface area contributed by atoms with Gasteiger partial charge in [-0.3, -0.25) is 9.48 Å². The normalized spacial score (nSPS) is 17.8. The number of hydrogen-bond donors (Lipinski definition) is 1. The number of sulfone groups is 1. The summed E-state index contributed by atoms with van der Waals surface area (Å²) in [6.45, 7) is 3.35. The molecule has 1 aromatic carbocycles. The highest BCUT2D eigenvalue weighted by Crippen LogP contribution is 2.20. The van der Waals surface area contributed by atoms with Crippen LogP contribution in [0.15, 0.2) is 24.3 Å². The monoisotopic (exact) mass is 439 g/mol. The first-order valence-corrected chi connectivity index (χ1v) is 11.3. The summed E-state index contributed by atoms with van der Waals surface area (Å²) in [5.74, 6) is -1.21. The van der Waals surface area contributed by atoms with Crippen molar-refractivity contribution >= 4 is 33.3 Å². The molecule has 0 radical (unpaired) electrons. The lowest BCUT2D eigenvalue weighted by Crippen LogP contribution is -2.38. The Hall–Kier alpha value is -2.39. The van der Waals surface area contributed by atoms with E-state index in [9.17, 15) is 18.0 Å². The summed E-state index contributed by atoms with van der Waals surface area (Å²) in [5.41, 5.74) is 2.26. The van der Waals surface area contributed by atoms with Crippen LogP contribution in [0.3, 0.4) is 0 Å². The molecule has 0 spiro atoms. The molecule has 2 aromatic rings. The lowest BCUT2D eigenvalue weighted by molar-refractivity contribution is -0.124. The van der Waals surface area contributed by atoms with Crippen LogP contribution in [0.2, 0.25) is 5.02 Å². The predicted octanol–water partition coefficient (Wildman–Crippen LogP) is 1.66. The van der Waals surface area contributed by atoms with Gasteiger partial charge in [0.15, 0.2) is 16.4 Å². The van der Waals surface area contributed by atoms with Crippen molar-refractivity contribution in [2.45, 2.75) is 32.9 Å². The lowest BCUT2D eigenvalue weighted by Gasteiger charge is -2.11. The average molecular weight is 440 g/mol. The molecule has 1 aromatic heterocycles. The molecule has 0 saturated carbocycles.